The zero-order chi connectivity index (χ0) is 13.7. The molecule has 104 valence electrons. The summed E-state index contributed by atoms with van der Waals surface area (Å²) in [6, 6.07) is 6.38. The molecule has 0 bridgehead atoms. The largest absolute Gasteiger partial charge is 0.298 e. The van der Waals surface area contributed by atoms with Crippen LogP contribution in [0.5, 0.6) is 0 Å². The quantitative estimate of drug-likeness (QED) is 0.727. The Morgan fingerprint density at radius 1 is 1.26 bits per heavy atom. The van der Waals surface area contributed by atoms with E-state index in [0.29, 0.717) is 17.5 Å². The highest BCUT2D eigenvalue weighted by molar-refractivity contribution is 8.00. The molecule has 1 aliphatic carbocycles. The molecule has 19 heavy (non-hydrogen) atoms. The lowest BCUT2D eigenvalue weighted by Gasteiger charge is -2.29. The van der Waals surface area contributed by atoms with Gasteiger partial charge < -0.3 is 0 Å². The van der Waals surface area contributed by atoms with Crippen molar-refractivity contribution in [2.24, 2.45) is 11.8 Å². The number of benzene rings is 1. The van der Waals surface area contributed by atoms with E-state index in [9.17, 15) is 9.18 Å². The molecule has 0 aliphatic heterocycles. The van der Waals surface area contributed by atoms with E-state index < -0.39 is 0 Å². The maximum Gasteiger partial charge on any atom is 0.146 e. The number of hydrogen-bond donors (Lipinski definition) is 0. The van der Waals surface area contributed by atoms with E-state index in [1.807, 2.05) is 0 Å². The Balaban J connectivity index is 1.87. The number of rotatable bonds is 5. The molecule has 1 saturated carbocycles. The van der Waals surface area contributed by atoms with Crippen LogP contribution in [0.1, 0.15) is 39.0 Å². The summed E-state index contributed by atoms with van der Waals surface area (Å²) < 4.78 is 12.8. The van der Waals surface area contributed by atoms with Crippen LogP contribution in [-0.2, 0) is 4.79 Å². The van der Waals surface area contributed by atoms with Crippen molar-refractivity contribution in [2.45, 2.75) is 43.9 Å². The van der Waals surface area contributed by atoms with Crippen LogP contribution in [0.4, 0.5) is 4.39 Å². The maximum atomic E-state index is 12.8. The van der Waals surface area contributed by atoms with Gasteiger partial charge in [0.05, 0.1) is 5.75 Å². The number of carbonyl (C=O) groups is 1. The van der Waals surface area contributed by atoms with Gasteiger partial charge in [0.15, 0.2) is 0 Å². The lowest BCUT2D eigenvalue weighted by atomic mass is 9.76. The fourth-order valence-corrected chi connectivity index (χ4v) is 3.76. The summed E-state index contributed by atoms with van der Waals surface area (Å²) in [5.74, 6) is 1.50. The molecular formula is C16H21FOS. The Hall–Kier alpha value is -0.830. The van der Waals surface area contributed by atoms with Crippen LogP contribution >= 0.6 is 11.8 Å². The molecule has 0 aromatic heterocycles. The van der Waals surface area contributed by atoms with Crippen LogP contribution < -0.4 is 0 Å². The van der Waals surface area contributed by atoms with Crippen molar-refractivity contribution in [3.05, 3.63) is 30.1 Å². The molecule has 0 N–H and O–H groups in total. The number of carbonyl (C=O) groups excluding carboxylic acids is 1. The average molecular weight is 280 g/mol. The average Bonchev–Trinajstić information content (AvgIpc) is 2.46. The van der Waals surface area contributed by atoms with Gasteiger partial charge in [-0.2, -0.15) is 0 Å². The molecule has 0 amide bonds. The van der Waals surface area contributed by atoms with Crippen LogP contribution in [0, 0.1) is 17.7 Å². The van der Waals surface area contributed by atoms with Gasteiger partial charge in [-0.25, -0.2) is 4.39 Å². The van der Waals surface area contributed by atoms with Gasteiger partial charge in [0.25, 0.3) is 0 Å². The molecule has 0 saturated heterocycles. The summed E-state index contributed by atoms with van der Waals surface area (Å²) in [6.07, 6.45) is 5.83. The van der Waals surface area contributed by atoms with Gasteiger partial charge >= 0.3 is 0 Å². The molecular weight excluding hydrogens is 259 g/mol. The van der Waals surface area contributed by atoms with Crippen molar-refractivity contribution in [2.75, 3.05) is 5.75 Å². The SMILES string of the molecule is CCC1CCCCC1C(=O)CSc1ccc(F)cc1. The zero-order valence-electron chi connectivity index (χ0n) is 11.4. The topological polar surface area (TPSA) is 17.1 Å². The van der Waals surface area contributed by atoms with Gasteiger partial charge in [0.2, 0.25) is 0 Å². The van der Waals surface area contributed by atoms with E-state index in [-0.39, 0.29) is 11.7 Å². The molecule has 2 atom stereocenters. The zero-order valence-corrected chi connectivity index (χ0v) is 12.2. The Kier molecular flexibility index (Phi) is 5.44. The Bertz CT molecular complexity index is 415. The van der Waals surface area contributed by atoms with E-state index in [1.165, 1.54) is 43.2 Å². The standard InChI is InChI=1S/C16H21FOS/c1-2-12-5-3-4-6-15(12)16(18)11-19-14-9-7-13(17)8-10-14/h7-10,12,15H,2-6,11H2,1H3. The molecule has 0 radical (unpaired) electrons. The molecule has 2 unspecified atom stereocenters. The molecule has 1 nitrogen and oxygen atoms in total. The molecule has 1 aromatic carbocycles. The minimum Gasteiger partial charge on any atom is -0.298 e. The van der Waals surface area contributed by atoms with Crippen LogP contribution in [0.2, 0.25) is 0 Å². The summed E-state index contributed by atoms with van der Waals surface area (Å²) >= 11 is 1.53. The fraction of sp³-hybridized carbons (Fsp3) is 0.562. The molecule has 0 heterocycles. The number of hydrogen-bond acceptors (Lipinski definition) is 2. The highest BCUT2D eigenvalue weighted by Gasteiger charge is 2.29. The summed E-state index contributed by atoms with van der Waals surface area (Å²) in [5, 5.41) is 0. The summed E-state index contributed by atoms with van der Waals surface area (Å²) in [5.41, 5.74) is 0. The molecule has 1 aromatic rings. The smallest absolute Gasteiger partial charge is 0.146 e. The lowest BCUT2D eigenvalue weighted by Crippen LogP contribution is -2.28. The summed E-state index contributed by atoms with van der Waals surface area (Å²) in [4.78, 5) is 13.3. The second kappa shape index (κ2) is 7.09. The first-order valence-corrected chi connectivity index (χ1v) is 8.10. The molecule has 1 fully saturated rings. The van der Waals surface area contributed by atoms with Crippen LogP contribution in [0.25, 0.3) is 0 Å². The molecule has 1 aliphatic rings. The van der Waals surface area contributed by atoms with E-state index in [1.54, 1.807) is 12.1 Å². The number of thioether (sulfide) groups is 1. The van der Waals surface area contributed by atoms with Gasteiger partial charge in [-0.3, -0.25) is 4.79 Å². The molecule has 0 spiro atoms. The molecule has 3 heteroatoms. The highest BCUT2D eigenvalue weighted by Crippen LogP contribution is 2.34. The van der Waals surface area contributed by atoms with E-state index in [2.05, 4.69) is 6.92 Å². The predicted molar refractivity (Wildman–Crippen MR) is 77.9 cm³/mol. The Labute approximate surface area is 119 Å². The summed E-state index contributed by atoms with van der Waals surface area (Å²) in [7, 11) is 0. The summed E-state index contributed by atoms with van der Waals surface area (Å²) in [6.45, 7) is 2.18. The third kappa shape index (κ3) is 4.07. The normalized spacial score (nSPS) is 23.3. The Morgan fingerprint density at radius 3 is 2.63 bits per heavy atom. The van der Waals surface area contributed by atoms with Crippen molar-refractivity contribution >= 4 is 17.5 Å². The minimum atomic E-state index is -0.228. The van der Waals surface area contributed by atoms with E-state index in [0.717, 1.165) is 17.7 Å². The number of halogens is 1. The predicted octanol–water partition coefficient (Wildman–Crippen LogP) is 4.70. The van der Waals surface area contributed by atoms with Crippen LogP contribution in [-0.4, -0.2) is 11.5 Å². The maximum absolute atomic E-state index is 12.8. The van der Waals surface area contributed by atoms with Gasteiger partial charge in [0.1, 0.15) is 11.6 Å². The molecule has 2 rings (SSSR count). The second-order valence-corrected chi connectivity index (χ2v) is 6.32. The van der Waals surface area contributed by atoms with E-state index >= 15 is 0 Å². The van der Waals surface area contributed by atoms with Gasteiger partial charge in [-0.15, -0.1) is 11.8 Å². The Morgan fingerprint density at radius 2 is 1.95 bits per heavy atom. The van der Waals surface area contributed by atoms with Crippen molar-refractivity contribution in [3.63, 3.8) is 0 Å². The number of Topliss-reactive ketones (excluding diaryl/α,β-unsaturated/α-hetero) is 1. The van der Waals surface area contributed by atoms with Crippen LogP contribution in [0.15, 0.2) is 29.2 Å². The van der Waals surface area contributed by atoms with Gasteiger partial charge in [-0.05, 0) is 43.0 Å². The van der Waals surface area contributed by atoms with Crippen molar-refractivity contribution in [3.8, 4) is 0 Å². The first-order chi connectivity index (χ1) is 9.20. The van der Waals surface area contributed by atoms with Crippen molar-refractivity contribution in [1.82, 2.24) is 0 Å². The third-order valence-corrected chi connectivity index (χ3v) is 5.08. The first-order valence-electron chi connectivity index (χ1n) is 7.11. The van der Waals surface area contributed by atoms with Crippen molar-refractivity contribution in [1.29, 1.82) is 0 Å². The first kappa shape index (κ1) is 14.6. The monoisotopic (exact) mass is 280 g/mol. The van der Waals surface area contributed by atoms with E-state index in [4.69, 9.17) is 0 Å². The van der Waals surface area contributed by atoms with Gasteiger partial charge in [0, 0.05) is 10.8 Å². The lowest BCUT2D eigenvalue weighted by molar-refractivity contribution is -0.123. The third-order valence-electron chi connectivity index (χ3n) is 4.04. The second-order valence-electron chi connectivity index (χ2n) is 5.27. The van der Waals surface area contributed by atoms with Gasteiger partial charge in [-0.1, -0.05) is 26.2 Å². The van der Waals surface area contributed by atoms with Crippen molar-refractivity contribution < 1.29 is 9.18 Å². The fourth-order valence-electron chi connectivity index (χ4n) is 2.91. The number of ketones is 1. The minimum absolute atomic E-state index is 0.228. The highest BCUT2D eigenvalue weighted by atomic mass is 32.2. The van der Waals surface area contributed by atoms with Crippen LogP contribution in [0.3, 0.4) is 0 Å².